The van der Waals surface area contributed by atoms with Gasteiger partial charge in [-0.05, 0) is 56.2 Å². The molecule has 0 saturated carbocycles. The fourth-order valence-corrected chi connectivity index (χ4v) is 2.74. The number of benzene rings is 2. The highest BCUT2D eigenvalue weighted by Gasteiger charge is 2.24. The molecule has 0 heterocycles. The molecular weight excluding hydrogens is 534 g/mol. The Bertz CT molecular complexity index is 897. The lowest BCUT2D eigenvalue weighted by atomic mass is 10.1. The van der Waals surface area contributed by atoms with Crippen molar-refractivity contribution in [3.05, 3.63) is 68.6 Å². The lowest BCUT2D eigenvalue weighted by Gasteiger charge is -2.22. The maximum absolute atomic E-state index is 11.7. The van der Waals surface area contributed by atoms with E-state index in [1.54, 1.807) is 69.3 Å². The van der Waals surface area contributed by atoms with Gasteiger partial charge in [-0.3, -0.25) is 9.59 Å². The number of hydrogen-bond donors (Lipinski definition) is 4. The van der Waals surface area contributed by atoms with Crippen LogP contribution in [0.2, 0.25) is 0 Å². The van der Waals surface area contributed by atoms with Crippen molar-refractivity contribution in [3.8, 4) is 0 Å². The van der Waals surface area contributed by atoms with E-state index in [1.165, 1.54) is 0 Å². The average Bonchev–Trinajstić information content (AvgIpc) is 2.66. The molecular formula is C21H25Br2N3O5. The highest BCUT2D eigenvalue weighted by molar-refractivity contribution is 9.10. The number of carbonyl (C=O) groups excluding carboxylic acids is 2. The number of hydrogen-bond acceptors (Lipinski definition) is 5. The number of halogens is 2. The molecule has 0 radical (unpaired) electrons. The van der Waals surface area contributed by atoms with Gasteiger partial charge in [0.25, 0.3) is 0 Å². The Hall–Kier alpha value is -2.43. The number of ether oxygens (including phenoxy) is 1. The van der Waals surface area contributed by atoms with E-state index < -0.39 is 35.7 Å². The first-order valence-corrected chi connectivity index (χ1v) is 10.7. The summed E-state index contributed by atoms with van der Waals surface area (Å²) < 4.78 is 6.87. The summed E-state index contributed by atoms with van der Waals surface area (Å²) in [4.78, 5) is 33.5. The molecule has 0 aliphatic carbocycles. The van der Waals surface area contributed by atoms with Gasteiger partial charge in [-0.25, -0.2) is 4.79 Å². The maximum atomic E-state index is 11.7. The van der Waals surface area contributed by atoms with E-state index in [-0.39, 0.29) is 0 Å². The molecule has 0 saturated heterocycles. The van der Waals surface area contributed by atoms with Crippen molar-refractivity contribution in [3.63, 3.8) is 0 Å². The fourth-order valence-electron chi connectivity index (χ4n) is 2.21. The van der Waals surface area contributed by atoms with E-state index in [0.717, 1.165) is 8.95 Å². The topological polar surface area (TPSA) is 145 Å². The van der Waals surface area contributed by atoms with Gasteiger partial charge in [-0.15, -0.1) is 0 Å². The summed E-state index contributed by atoms with van der Waals surface area (Å²) in [5, 5.41) is 11.0. The zero-order valence-electron chi connectivity index (χ0n) is 17.3. The number of nitrogens with one attached hydrogen (secondary N) is 1. The summed E-state index contributed by atoms with van der Waals surface area (Å²) in [6.07, 6.45) is -0.681. The van der Waals surface area contributed by atoms with Crippen molar-refractivity contribution in [1.82, 2.24) is 5.32 Å². The van der Waals surface area contributed by atoms with Crippen LogP contribution < -0.4 is 16.8 Å². The van der Waals surface area contributed by atoms with E-state index in [0.29, 0.717) is 11.1 Å². The minimum atomic E-state index is -1.02. The Labute approximate surface area is 197 Å². The Kier molecular flexibility index (Phi) is 10.1. The predicted octanol–water partition coefficient (Wildman–Crippen LogP) is 4.03. The van der Waals surface area contributed by atoms with Crippen molar-refractivity contribution in [1.29, 1.82) is 0 Å². The minimum absolute atomic E-state index is 0.599. The highest BCUT2D eigenvalue weighted by Crippen LogP contribution is 2.18. The summed E-state index contributed by atoms with van der Waals surface area (Å²) in [7, 11) is 0. The minimum Gasteiger partial charge on any atom is -0.480 e. The molecule has 2 amide bonds. The van der Waals surface area contributed by atoms with Crippen LogP contribution in [0.3, 0.4) is 0 Å². The van der Waals surface area contributed by atoms with Crippen LogP contribution in [0, 0.1) is 0 Å². The van der Waals surface area contributed by atoms with Gasteiger partial charge in [0, 0.05) is 8.95 Å². The van der Waals surface area contributed by atoms with Crippen LogP contribution in [0.25, 0.3) is 0 Å². The number of carboxylic acid groups (broad SMARTS) is 1. The van der Waals surface area contributed by atoms with Gasteiger partial charge in [0.1, 0.15) is 17.7 Å². The predicted molar refractivity (Wildman–Crippen MR) is 124 cm³/mol. The van der Waals surface area contributed by atoms with Crippen LogP contribution in [-0.4, -0.2) is 28.7 Å². The smallest absolute Gasteiger partial charge is 0.408 e. The van der Waals surface area contributed by atoms with Crippen LogP contribution in [0.15, 0.2) is 57.5 Å². The summed E-state index contributed by atoms with van der Waals surface area (Å²) in [6, 6.07) is 12.0. The lowest BCUT2D eigenvalue weighted by molar-refractivity contribution is -0.138. The quantitative estimate of drug-likeness (QED) is 0.436. The molecule has 8 nitrogen and oxygen atoms in total. The van der Waals surface area contributed by atoms with Gasteiger partial charge in [0.15, 0.2) is 0 Å². The second-order valence-corrected chi connectivity index (χ2v) is 9.23. The molecule has 0 fully saturated rings. The highest BCUT2D eigenvalue weighted by atomic mass is 79.9. The van der Waals surface area contributed by atoms with Gasteiger partial charge in [0.2, 0.25) is 5.91 Å². The normalized spacial score (nSPS) is 12.6. The molecule has 2 atom stereocenters. The zero-order chi connectivity index (χ0) is 23.8. The first kappa shape index (κ1) is 26.6. The molecule has 31 heavy (non-hydrogen) atoms. The first-order valence-electron chi connectivity index (χ1n) is 9.08. The Morgan fingerprint density at radius 1 is 0.935 bits per heavy atom. The number of alkyl carbamates (subject to hydrolysis) is 1. The third kappa shape index (κ3) is 9.95. The molecule has 10 heteroatoms. The second kappa shape index (κ2) is 11.8. The lowest BCUT2D eigenvalue weighted by Crippen LogP contribution is -2.40. The monoisotopic (exact) mass is 557 g/mol. The summed E-state index contributed by atoms with van der Waals surface area (Å²) >= 11 is 6.54. The number of rotatable bonds is 5. The Morgan fingerprint density at radius 3 is 1.71 bits per heavy atom. The van der Waals surface area contributed by atoms with Crippen molar-refractivity contribution < 1.29 is 24.2 Å². The summed E-state index contributed by atoms with van der Waals surface area (Å²) in [5.41, 5.74) is 11.2. The molecule has 6 N–H and O–H groups in total. The number of nitrogens with two attached hydrogens (primary N) is 2. The van der Waals surface area contributed by atoms with Gasteiger partial charge < -0.3 is 26.6 Å². The Morgan fingerprint density at radius 2 is 1.35 bits per heavy atom. The largest absolute Gasteiger partial charge is 0.480 e. The third-order valence-corrected chi connectivity index (χ3v) is 4.70. The average molecular weight is 559 g/mol. The summed E-state index contributed by atoms with van der Waals surface area (Å²) in [6.45, 7) is 5.22. The van der Waals surface area contributed by atoms with Crippen LogP contribution in [0.4, 0.5) is 4.79 Å². The molecule has 0 aliphatic rings. The molecule has 2 aromatic rings. The summed E-state index contributed by atoms with van der Waals surface area (Å²) in [5.74, 6) is -1.66. The van der Waals surface area contributed by atoms with E-state index in [4.69, 9.17) is 21.3 Å². The van der Waals surface area contributed by atoms with Gasteiger partial charge in [-0.1, -0.05) is 56.1 Å². The molecule has 0 unspecified atom stereocenters. The van der Waals surface area contributed by atoms with Crippen molar-refractivity contribution in [2.24, 2.45) is 11.5 Å². The molecule has 0 bridgehead atoms. The molecule has 2 aromatic carbocycles. The number of carbonyl (C=O) groups is 3. The molecule has 2 rings (SSSR count). The molecule has 0 spiro atoms. The number of amides is 2. The SMILES string of the molecule is CC(C)(C)OC(=O)N[C@@H](C(N)=O)c1ccc(Br)cc1.N[C@@H](C(=O)O)c1ccc(Br)cc1. The van der Waals surface area contributed by atoms with E-state index in [2.05, 4.69) is 37.2 Å². The van der Waals surface area contributed by atoms with Crippen LogP contribution in [-0.2, 0) is 14.3 Å². The van der Waals surface area contributed by atoms with Gasteiger partial charge in [0.05, 0.1) is 0 Å². The molecule has 168 valence electrons. The number of carboxylic acids is 1. The van der Waals surface area contributed by atoms with Crippen LogP contribution >= 0.6 is 31.9 Å². The third-order valence-electron chi connectivity index (χ3n) is 3.64. The number of primary amides is 1. The van der Waals surface area contributed by atoms with Gasteiger partial charge in [-0.2, -0.15) is 0 Å². The van der Waals surface area contributed by atoms with Gasteiger partial charge >= 0.3 is 12.1 Å². The maximum Gasteiger partial charge on any atom is 0.408 e. The molecule has 0 aliphatic heterocycles. The van der Waals surface area contributed by atoms with E-state index >= 15 is 0 Å². The molecule has 0 aromatic heterocycles. The number of aliphatic carboxylic acids is 1. The fraction of sp³-hybridized carbons (Fsp3) is 0.286. The van der Waals surface area contributed by atoms with E-state index in [9.17, 15) is 14.4 Å². The standard InChI is InChI=1S/C13H17BrN2O3.C8H8BrNO2/c1-13(2,3)19-12(18)16-10(11(15)17)8-4-6-9(14)7-5-8;9-6-3-1-5(2-4-6)7(10)8(11)12/h4-7,10H,1-3H3,(H2,15,17)(H,16,18);1-4,7H,10H2,(H,11,12)/t10-;7-/m11/s1. The van der Waals surface area contributed by atoms with Crippen LogP contribution in [0.5, 0.6) is 0 Å². The van der Waals surface area contributed by atoms with E-state index in [1.807, 2.05) is 0 Å². The Balaban J connectivity index is 0.000000343. The zero-order valence-corrected chi connectivity index (χ0v) is 20.4. The van der Waals surface area contributed by atoms with Crippen molar-refractivity contribution in [2.45, 2.75) is 38.5 Å². The second-order valence-electron chi connectivity index (χ2n) is 7.40. The van der Waals surface area contributed by atoms with Crippen molar-refractivity contribution in [2.75, 3.05) is 0 Å². The van der Waals surface area contributed by atoms with Crippen molar-refractivity contribution >= 4 is 49.8 Å². The van der Waals surface area contributed by atoms with Crippen LogP contribution in [0.1, 0.15) is 44.0 Å². The first-order chi connectivity index (χ1) is 14.3.